The summed E-state index contributed by atoms with van der Waals surface area (Å²) in [7, 11) is 0. The van der Waals surface area contributed by atoms with Gasteiger partial charge in [-0.05, 0) is 72.6 Å². The molecule has 6 nitrogen and oxygen atoms in total. The fourth-order valence-electron chi connectivity index (χ4n) is 5.47. The number of aryl methyl sites for hydroxylation is 1. The highest BCUT2D eigenvalue weighted by molar-refractivity contribution is 5.98. The molecule has 1 aliphatic rings. The van der Waals surface area contributed by atoms with Crippen LogP contribution in [0.25, 0.3) is 0 Å². The van der Waals surface area contributed by atoms with Crippen molar-refractivity contribution < 1.29 is 23.5 Å². The van der Waals surface area contributed by atoms with Gasteiger partial charge in [-0.3, -0.25) is 14.4 Å². The lowest BCUT2D eigenvalue weighted by Crippen LogP contribution is -2.46. The van der Waals surface area contributed by atoms with Crippen LogP contribution in [0.1, 0.15) is 79.2 Å². The zero-order valence-electron chi connectivity index (χ0n) is 24.5. The number of anilines is 1. The molecule has 1 heterocycles. The normalized spacial score (nSPS) is 17.2. The minimum absolute atomic E-state index is 0.0235. The molecule has 0 aromatic heterocycles. The van der Waals surface area contributed by atoms with Crippen LogP contribution in [0.4, 0.5) is 10.1 Å². The molecule has 1 N–H and O–H groups in total. The number of amides is 2. The number of esters is 1. The van der Waals surface area contributed by atoms with Gasteiger partial charge in [-0.2, -0.15) is 0 Å². The second-order valence-electron chi connectivity index (χ2n) is 11.7. The molecule has 3 aromatic rings. The molecule has 4 rings (SSSR count). The molecule has 2 amide bonds. The van der Waals surface area contributed by atoms with E-state index >= 15 is 0 Å². The van der Waals surface area contributed by atoms with Gasteiger partial charge in [0, 0.05) is 12.2 Å². The third kappa shape index (κ3) is 7.02. The van der Waals surface area contributed by atoms with E-state index in [0.29, 0.717) is 37.2 Å². The van der Waals surface area contributed by atoms with E-state index in [1.54, 1.807) is 30.9 Å². The van der Waals surface area contributed by atoms with Crippen molar-refractivity contribution in [1.29, 1.82) is 0 Å². The average molecular weight is 559 g/mol. The van der Waals surface area contributed by atoms with Gasteiger partial charge in [0.1, 0.15) is 5.82 Å². The van der Waals surface area contributed by atoms with Crippen molar-refractivity contribution in [2.75, 3.05) is 18.5 Å². The van der Waals surface area contributed by atoms with Crippen LogP contribution in [0.2, 0.25) is 0 Å². The number of benzene rings is 3. The molecule has 0 spiro atoms. The Hall–Kier alpha value is -4.00. The quantitative estimate of drug-likeness (QED) is 0.325. The summed E-state index contributed by atoms with van der Waals surface area (Å²) >= 11 is 0. The third-order valence-electron chi connectivity index (χ3n) is 7.64. The van der Waals surface area contributed by atoms with Crippen LogP contribution < -0.4 is 5.32 Å². The van der Waals surface area contributed by atoms with Gasteiger partial charge in [0.05, 0.1) is 30.6 Å². The van der Waals surface area contributed by atoms with Crippen LogP contribution in [0.3, 0.4) is 0 Å². The van der Waals surface area contributed by atoms with Crippen molar-refractivity contribution in [3.05, 3.63) is 100 Å². The van der Waals surface area contributed by atoms with Crippen LogP contribution in [0.5, 0.6) is 0 Å². The monoisotopic (exact) mass is 558 g/mol. The summed E-state index contributed by atoms with van der Waals surface area (Å²) in [5, 5.41) is 3.09. The summed E-state index contributed by atoms with van der Waals surface area (Å²) in [6, 6.07) is 19.1. The van der Waals surface area contributed by atoms with Crippen LogP contribution in [0, 0.1) is 18.7 Å². The molecule has 1 saturated heterocycles. The summed E-state index contributed by atoms with van der Waals surface area (Å²) in [4.78, 5) is 41.4. The molecular formula is C34H39FN2O4. The SMILES string of the molecule is CCOC(=O)Cc1ccc([C@H]2[C@@H](C(=O)Nc3cccc(C(C)(C)C)c3)CCCN2C(=O)c2c(C)cccc2F)cc1. The van der Waals surface area contributed by atoms with E-state index in [1.165, 1.54) is 6.07 Å². The first-order valence-corrected chi connectivity index (χ1v) is 14.2. The Morgan fingerprint density at radius 1 is 1.02 bits per heavy atom. The van der Waals surface area contributed by atoms with E-state index in [-0.39, 0.29) is 29.3 Å². The Labute approximate surface area is 241 Å². The lowest BCUT2D eigenvalue weighted by molar-refractivity contribution is -0.142. The predicted molar refractivity (Wildman–Crippen MR) is 158 cm³/mol. The van der Waals surface area contributed by atoms with Gasteiger partial charge in [-0.15, -0.1) is 0 Å². The van der Waals surface area contributed by atoms with Gasteiger partial charge in [-0.25, -0.2) is 4.39 Å². The van der Waals surface area contributed by atoms with Gasteiger partial charge < -0.3 is 15.0 Å². The largest absolute Gasteiger partial charge is 0.466 e. The standard InChI is InChI=1S/C34H39FN2O4/c1-6-41-29(38)20-23-15-17-24(18-16-23)31-27(32(39)36-26-12-8-11-25(21-26)34(3,4)5)13-9-19-37(31)33(40)30-22(2)10-7-14-28(30)35/h7-8,10-12,14-18,21,27,31H,6,9,13,19-20H2,1-5H3,(H,36,39)/t27-,31-/m0/s1. The number of carbonyl (C=O) groups is 3. The fourth-order valence-corrected chi connectivity index (χ4v) is 5.47. The highest BCUT2D eigenvalue weighted by Gasteiger charge is 2.40. The highest BCUT2D eigenvalue weighted by Crippen LogP contribution is 2.39. The van der Waals surface area contributed by atoms with E-state index in [9.17, 15) is 18.8 Å². The predicted octanol–water partition coefficient (Wildman–Crippen LogP) is 6.77. The molecule has 7 heteroatoms. The Kier molecular flexibility index (Phi) is 9.26. The first kappa shape index (κ1) is 30.0. The number of halogens is 1. The number of hydrogen-bond donors (Lipinski definition) is 1. The number of piperidine rings is 1. The topological polar surface area (TPSA) is 75.7 Å². The summed E-state index contributed by atoms with van der Waals surface area (Å²) in [6.07, 6.45) is 1.31. The Bertz CT molecular complexity index is 1390. The number of hydrogen-bond acceptors (Lipinski definition) is 4. The van der Waals surface area contributed by atoms with Gasteiger partial charge in [-0.1, -0.05) is 69.3 Å². The van der Waals surface area contributed by atoms with E-state index in [4.69, 9.17) is 4.74 Å². The molecule has 1 fully saturated rings. The molecule has 0 saturated carbocycles. The summed E-state index contributed by atoms with van der Waals surface area (Å²) in [5.41, 5.74) is 3.80. The van der Waals surface area contributed by atoms with Crippen molar-refractivity contribution in [3.8, 4) is 0 Å². The summed E-state index contributed by atoms with van der Waals surface area (Å²) in [6.45, 7) is 10.5. The van der Waals surface area contributed by atoms with Crippen molar-refractivity contribution in [2.24, 2.45) is 5.92 Å². The maximum absolute atomic E-state index is 14.9. The molecule has 1 aliphatic heterocycles. The van der Waals surface area contributed by atoms with Gasteiger partial charge in [0.25, 0.3) is 5.91 Å². The molecule has 216 valence electrons. The maximum atomic E-state index is 14.9. The second kappa shape index (κ2) is 12.7. The van der Waals surface area contributed by atoms with E-state index in [1.807, 2.05) is 48.5 Å². The lowest BCUT2D eigenvalue weighted by Gasteiger charge is -2.41. The number of ether oxygens (including phenoxy) is 1. The van der Waals surface area contributed by atoms with E-state index < -0.39 is 23.7 Å². The minimum Gasteiger partial charge on any atom is -0.466 e. The van der Waals surface area contributed by atoms with Crippen LogP contribution in [-0.4, -0.2) is 35.8 Å². The number of carbonyl (C=O) groups excluding carboxylic acids is 3. The number of nitrogens with zero attached hydrogens (tertiary/aromatic N) is 1. The van der Waals surface area contributed by atoms with E-state index in [2.05, 4.69) is 26.1 Å². The minimum atomic E-state index is -0.613. The summed E-state index contributed by atoms with van der Waals surface area (Å²) in [5.74, 6) is -2.09. The van der Waals surface area contributed by atoms with Gasteiger partial charge >= 0.3 is 5.97 Å². The first-order valence-electron chi connectivity index (χ1n) is 14.2. The third-order valence-corrected chi connectivity index (χ3v) is 7.64. The van der Waals surface area contributed by atoms with Crippen LogP contribution >= 0.6 is 0 Å². The Morgan fingerprint density at radius 2 is 1.73 bits per heavy atom. The number of nitrogens with one attached hydrogen (secondary N) is 1. The van der Waals surface area contributed by atoms with Crippen LogP contribution in [-0.2, 0) is 26.2 Å². The molecule has 41 heavy (non-hydrogen) atoms. The molecule has 0 bridgehead atoms. The van der Waals surface area contributed by atoms with Crippen molar-refractivity contribution in [1.82, 2.24) is 4.90 Å². The van der Waals surface area contributed by atoms with Gasteiger partial charge in [0.15, 0.2) is 0 Å². The zero-order valence-corrected chi connectivity index (χ0v) is 24.5. The maximum Gasteiger partial charge on any atom is 0.310 e. The van der Waals surface area contributed by atoms with Crippen LogP contribution in [0.15, 0.2) is 66.7 Å². The molecule has 2 atom stereocenters. The Balaban J connectivity index is 1.69. The number of likely N-dealkylation sites (tertiary alicyclic amines) is 1. The van der Waals surface area contributed by atoms with Crippen molar-refractivity contribution >= 4 is 23.5 Å². The van der Waals surface area contributed by atoms with Crippen molar-refractivity contribution in [2.45, 2.75) is 65.3 Å². The molecular weight excluding hydrogens is 519 g/mol. The molecule has 0 aliphatic carbocycles. The fraction of sp³-hybridized carbons (Fsp3) is 0.382. The van der Waals surface area contributed by atoms with Gasteiger partial charge in [0.2, 0.25) is 5.91 Å². The second-order valence-corrected chi connectivity index (χ2v) is 11.7. The first-order chi connectivity index (χ1) is 19.5. The smallest absolute Gasteiger partial charge is 0.310 e. The molecule has 0 unspecified atom stereocenters. The van der Waals surface area contributed by atoms with Crippen molar-refractivity contribution in [3.63, 3.8) is 0 Å². The highest BCUT2D eigenvalue weighted by atomic mass is 19.1. The number of rotatable bonds is 7. The molecule has 0 radical (unpaired) electrons. The van der Waals surface area contributed by atoms with E-state index in [0.717, 1.165) is 16.7 Å². The average Bonchev–Trinajstić information content (AvgIpc) is 2.93. The zero-order chi connectivity index (χ0) is 29.7. The lowest BCUT2D eigenvalue weighted by atomic mass is 9.82. The molecule has 3 aromatic carbocycles. The summed E-state index contributed by atoms with van der Waals surface area (Å²) < 4.78 is 20.0. The Morgan fingerprint density at radius 3 is 2.39 bits per heavy atom.